The molecule has 1 aromatic rings. The SMILES string of the molecule is COC(=O)[C@@H]1CC2(C[N+]1(Cc1ccccc1)C(=O)[O-])O[C@@H](C)[C@H](C)O2. The van der Waals surface area contributed by atoms with Crippen LogP contribution in [-0.2, 0) is 25.5 Å². The summed E-state index contributed by atoms with van der Waals surface area (Å²) in [5, 5.41) is 12.2. The van der Waals surface area contributed by atoms with Gasteiger partial charge in [0, 0.05) is 5.56 Å². The van der Waals surface area contributed by atoms with E-state index in [0.717, 1.165) is 5.56 Å². The van der Waals surface area contributed by atoms with Crippen molar-refractivity contribution in [3.63, 3.8) is 0 Å². The highest BCUT2D eigenvalue weighted by Crippen LogP contribution is 2.44. The van der Waals surface area contributed by atoms with Crippen LogP contribution < -0.4 is 5.11 Å². The summed E-state index contributed by atoms with van der Waals surface area (Å²) >= 11 is 0. The summed E-state index contributed by atoms with van der Waals surface area (Å²) in [6.07, 6.45) is -1.58. The van der Waals surface area contributed by atoms with Gasteiger partial charge < -0.3 is 24.1 Å². The first-order chi connectivity index (χ1) is 11.8. The van der Waals surface area contributed by atoms with Gasteiger partial charge in [0.25, 0.3) is 6.09 Å². The Kier molecular flexibility index (Phi) is 4.57. The van der Waals surface area contributed by atoms with Gasteiger partial charge >= 0.3 is 5.97 Å². The minimum Gasteiger partial charge on any atom is -0.498 e. The molecule has 4 atom stereocenters. The molecule has 2 aliphatic heterocycles. The van der Waals surface area contributed by atoms with Crippen LogP contribution in [0, 0.1) is 0 Å². The molecule has 0 bridgehead atoms. The maximum Gasteiger partial charge on any atom is 0.365 e. The Morgan fingerprint density at radius 3 is 2.36 bits per heavy atom. The normalized spacial score (nSPS) is 33.5. The molecule has 1 unspecified atom stereocenters. The summed E-state index contributed by atoms with van der Waals surface area (Å²) in [6, 6.07) is 8.20. The maximum absolute atomic E-state index is 12.4. The third-order valence-electron chi connectivity index (χ3n) is 5.23. The van der Waals surface area contributed by atoms with Crippen molar-refractivity contribution >= 4 is 12.1 Å². The Bertz CT molecular complexity index is 653. The summed E-state index contributed by atoms with van der Waals surface area (Å²) in [4.78, 5) is 24.6. The molecule has 7 heteroatoms. The first-order valence-corrected chi connectivity index (χ1v) is 8.37. The van der Waals surface area contributed by atoms with Crippen LogP contribution in [-0.4, -0.2) is 54.2 Å². The molecule has 1 spiro atoms. The largest absolute Gasteiger partial charge is 0.498 e. The van der Waals surface area contributed by atoms with Gasteiger partial charge in [-0.25, -0.2) is 4.79 Å². The topological polar surface area (TPSA) is 84.9 Å². The molecule has 1 aromatic carbocycles. The van der Waals surface area contributed by atoms with E-state index in [9.17, 15) is 14.7 Å². The molecule has 0 radical (unpaired) electrons. The number of benzene rings is 1. The van der Waals surface area contributed by atoms with Crippen LogP contribution in [0.5, 0.6) is 0 Å². The Hall–Kier alpha value is -1.96. The summed E-state index contributed by atoms with van der Waals surface area (Å²) in [7, 11) is 1.25. The van der Waals surface area contributed by atoms with Gasteiger partial charge in [0.05, 0.1) is 25.7 Å². The highest BCUT2D eigenvalue weighted by atomic mass is 16.8. The zero-order valence-corrected chi connectivity index (χ0v) is 14.6. The quantitative estimate of drug-likeness (QED) is 0.593. The molecule has 1 amide bonds. The van der Waals surface area contributed by atoms with Gasteiger partial charge in [0.15, 0.2) is 6.04 Å². The van der Waals surface area contributed by atoms with Crippen molar-refractivity contribution in [1.82, 2.24) is 0 Å². The van der Waals surface area contributed by atoms with Crippen molar-refractivity contribution in [1.29, 1.82) is 0 Å². The van der Waals surface area contributed by atoms with Crippen LogP contribution in [0.25, 0.3) is 0 Å². The van der Waals surface area contributed by atoms with Gasteiger partial charge in [0.1, 0.15) is 13.1 Å². The number of likely N-dealkylation sites (tertiary alicyclic amines) is 1. The van der Waals surface area contributed by atoms with Gasteiger partial charge in [-0.3, -0.25) is 4.48 Å². The summed E-state index contributed by atoms with van der Waals surface area (Å²) in [5.41, 5.74) is 0.789. The van der Waals surface area contributed by atoms with Crippen LogP contribution in [0.2, 0.25) is 0 Å². The zero-order valence-electron chi connectivity index (χ0n) is 14.6. The number of rotatable bonds is 3. The molecule has 2 heterocycles. The lowest BCUT2D eigenvalue weighted by molar-refractivity contribution is -0.896. The van der Waals surface area contributed by atoms with Crippen LogP contribution in [0.15, 0.2) is 30.3 Å². The highest BCUT2D eigenvalue weighted by molar-refractivity contribution is 5.77. The number of quaternary nitrogens is 1. The first kappa shape index (κ1) is 17.8. The van der Waals surface area contributed by atoms with Gasteiger partial charge in [-0.15, -0.1) is 0 Å². The average molecular weight is 349 g/mol. The molecule has 0 N–H and O–H groups in total. The Labute approximate surface area is 146 Å². The number of carbonyl (C=O) groups excluding carboxylic acids is 2. The molecule has 2 fully saturated rings. The van der Waals surface area contributed by atoms with E-state index in [-0.39, 0.29) is 31.7 Å². The molecule has 2 saturated heterocycles. The van der Waals surface area contributed by atoms with E-state index in [1.807, 2.05) is 44.2 Å². The minimum atomic E-state index is -1.34. The third kappa shape index (κ3) is 3.03. The number of methoxy groups -OCH3 is 1. The fourth-order valence-corrected chi connectivity index (χ4v) is 3.89. The van der Waals surface area contributed by atoms with Crippen molar-refractivity contribution < 1.29 is 33.4 Å². The number of esters is 1. The van der Waals surface area contributed by atoms with E-state index >= 15 is 0 Å². The molecule has 0 aromatic heterocycles. The third-order valence-corrected chi connectivity index (χ3v) is 5.23. The lowest BCUT2D eigenvalue weighted by Gasteiger charge is -2.38. The van der Waals surface area contributed by atoms with Crippen molar-refractivity contribution in [3.8, 4) is 0 Å². The van der Waals surface area contributed by atoms with E-state index < -0.39 is 28.4 Å². The van der Waals surface area contributed by atoms with Crippen LogP contribution in [0.3, 0.4) is 0 Å². The standard InChI is InChI=1S/C18H23NO6/c1-12-13(2)25-18(24-12)9-15(16(20)23-3)19(11-18,17(21)22)10-14-7-5-4-6-8-14/h4-8,12-13,15H,9-11H2,1-3H3/t12-,13-,15-,19?/m0/s1. The lowest BCUT2D eigenvalue weighted by Crippen LogP contribution is -2.63. The molecule has 136 valence electrons. The van der Waals surface area contributed by atoms with Crippen molar-refractivity contribution in [3.05, 3.63) is 35.9 Å². The fraction of sp³-hybridized carbons (Fsp3) is 0.556. The summed E-state index contributed by atoms with van der Waals surface area (Å²) < 4.78 is 16.2. The Morgan fingerprint density at radius 1 is 1.24 bits per heavy atom. The van der Waals surface area contributed by atoms with E-state index in [1.54, 1.807) is 0 Å². The second-order valence-electron chi connectivity index (χ2n) is 6.90. The molecule has 0 saturated carbocycles. The molecular weight excluding hydrogens is 326 g/mol. The van der Waals surface area contributed by atoms with Crippen LogP contribution in [0.4, 0.5) is 4.79 Å². The van der Waals surface area contributed by atoms with Crippen LogP contribution in [0.1, 0.15) is 25.8 Å². The Balaban J connectivity index is 2.01. The van der Waals surface area contributed by atoms with Crippen molar-refractivity contribution in [2.75, 3.05) is 13.7 Å². The van der Waals surface area contributed by atoms with E-state index in [0.29, 0.717) is 0 Å². The monoisotopic (exact) mass is 349 g/mol. The second kappa shape index (κ2) is 6.40. The van der Waals surface area contributed by atoms with E-state index in [1.165, 1.54) is 7.11 Å². The molecule has 2 aliphatic rings. The van der Waals surface area contributed by atoms with Gasteiger partial charge in [0.2, 0.25) is 5.79 Å². The number of hydrogen-bond acceptors (Lipinski definition) is 6. The first-order valence-electron chi connectivity index (χ1n) is 8.37. The highest BCUT2D eigenvalue weighted by Gasteiger charge is 2.64. The molecular formula is C18H23NO6. The average Bonchev–Trinajstić information content (AvgIpc) is 3.04. The number of hydrogen-bond donors (Lipinski definition) is 0. The summed E-state index contributed by atoms with van der Waals surface area (Å²) in [5.74, 6) is -1.72. The zero-order chi connectivity index (χ0) is 18.2. The predicted molar refractivity (Wildman–Crippen MR) is 84.9 cm³/mol. The van der Waals surface area contributed by atoms with Crippen LogP contribution >= 0.6 is 0 Å². The number of carboxylic acid groups (broad SMARTS) is 1. The van der Waals surface area contributed by atoms with Gasteiger partial charge in [-0.2, -0.15) is 0 Å². The molecule has 7 nitrogen and oxygen atoms in total. The number of amides is 1. The van der Waals surface area contributed by atoms with E-state index in [2.05, 4.69) is 0 Å². The Morgan fingerprint density at radius 2 is 1.84 bits per heavy atom. The number of ether oxygens (including phenoxy) is 3. The minimum absolute atomic E-state index is 0.00132. The molecule has 0 aliphatic carbocycles. The maximum atomic E-state index is 12.4. The number of carbonyl (C=O) groups is 2. The van der Waals surface area contributed by atoms with Crippen molar-refractivity contribution in [2.45, 2.75) is 50.8 Å². The summed E-state index contributed by atoms with van der Waals surface area (Å²) in [6.45, 7) is 3.84. The van der Waals surface area contributed by atoms with Gasteiger partial charge in [-0.1, -0.05) is 30.3 Å². The molecule has 25 heavy (non-hydrogen) atoms. The van der Waals surface area contributed by atoms with Crippen molar-refractivity contribution in [2.24, 2.45) is 0 Å². The number of nitrogens with zero attached hydrogens (tertiary/aromatic N) is 1. The van der Waals surface area contributed by atoms with E-state index in [4.69, 9.17) is 14.2 Å². The fourth-order valence-electron chi connectivity index (χ4n) is 3.89. The van der Waals surface area contributed by atoms with Gasteiger partial charge in [-0.05, 0) is 13.8 Å². The lowest BCUT2D eigenvalue weighted by atomic mass is 10.1. The smallest absolute Gasteiger partial charge is 0.365 e. The second-order valence-corrected chi connectivity index (χ2v) is 6.90. The predicted octanol–water partition coefficient (Wildman–Crippen LogP) is 0.812. The molecule has 3 rings (SSSR count).